The van der Waals surface area contributed by atoms with E-state index in [9.17, 15) is 4.79 Å². The molecule has 27 heavy (non-hydrogen) atoms. The van der Waals surface area contributed by atoms with Crippen molar-refractivity contribution in [1.29, 1.82) is 0 Å². The maximum absolute atomic E-state index is 10.0. The van der Waals surface area contributed by atoms with Gasteiger partial charge in [0, 0.05) is 31.5 Å². The van der Waals surface area contributed by atoms with E-state index in [0.29, 0.717) is 0 Å². The van der Waals surface area contributed by atoms with E-state index >= 15 is 0 Å². The number of fused-ring (bicyclic) bond motifs is 1. The molecule has 2 aromatic carbocycles. The second-order valence-corrected chi connectivity index (χ2v) is 7.22. The number of rotatable bonds is 4. The lowest BCUT2D eigenvalue weighted by Crippen LogP contribution is -2.15. The minimum atomic E-state index is 0.729. The Kier molecular flexibility index (Phi) is 6.28. The molecule has 0 unspecified atom stereocenters. The topological polar surface area (TPSA) is 46.1 Å². The molecule has 0 bridgehead atoms. The fourth-order valence-electron chi connectivity index (χ4n) is 2.55. The Bertz CT molecular complexity index is 1000. The molecule has 0 radical (unpaired) electrons. The fraction of sp³-hybridized carbons (Fsp3) is 0.136. The van der Waals surface area contributed by atoms with Crippen LogP contribution in [0.3, 0.4) is 0 Å². The SMILES string of the molecule is Cc1ccc2sc(N(C)Cc3cccnc3)nc2c1.O=Cc1ccccc1. The molecular formula is C22H21N3OS. The first-order valence-corrected chi connectivity index (χ1v) is 9.45. The smallest absolute Gasteiger partial charge is 0.186 e. The summed E-state index contributed by atoms with van der Waals surface area (Å²) < 4.78 is 1.23. The molecule has 0 aliphatic rings. The van der Waals surface area contributed by atoms with Crippen LogP contribution >= 0.6 is 11.3 Å². The van der Waals surface area contributed by atoms with E-state index in [1.807, 2.05) is 30.5 Å². The van der Waals surface area contributed by atoms with Crippen molar-refractivity contribution < 1.29 is 4.79 Å². The van der Waals surface area contributed by atoms with Crippen molar-refractivity contribution in [1.82, 2.24) is 9.97 Å². The fourth-order valence-corrected chi connectivity index (χ4v) is 3.46. The zero-order valence-electron chi connectivity index (χ0n) is 15.4. The molecule has 4 nitrogen and oxygen atoms in total. The van der Waals surface area contributed by atoms with Crippen molar-refractivity contribution in [2.75, 3.05) is 11.9 Å². The summed E-state index contributed by atoms with van der Waals surface area (Å²) in [6.45, 7) is 2.92. The van der Waals surface area contributed by atoms with E-state index in [0.717, 1.165) is 29.0 Å². The number of benzene rings is 2. The number of hydrogen-bond donors (Lipinski definition) is 0. The van der Waals surface area contributed by atoms with E-state index in [1.54, 1.807) is 29.7 Å². The second kappa shape index (κ2) is 9.05. The summed E-state index contributed by atoms with van der Waals surface area (Å²) in [5.74, 6) is 0. The van der Waals surface area contributed by atoms with Gasteiger partial charge in [0.2, 0.25) is 0 Å². The van der Waals surface area contributed by atoms with Gasteiger partial charge in [0.15, 0.2) is 5.13 Å². The second-order valence-electron chi connectivity index (χ2n) is 6.21. The van der Waals surface area contributed by atoms with Crippen molar-refractivity contribution in [2.24, 2.45) is 0 Å². The highest BCUT2D eigenvalue weighted by atomic mass is 32.1. The lowest BCUT2D eigenvalue weighted by molar-refractivity contribution is 0.112. The van der Waals surface area contributed by atoms with Gasteiger partial charge in [-0.1, -0.05) is 53.8 Å². The van der Waals surface area contributed by atoms with E-state index < -0.39 is 0 Å². The number of anilines is 1. The van der Waals surface area contributed by atoms with Gasteiger partial charge >= 0.3 is 0 Å². The van der Waals surface area contributed by atoms with Gasteiger partial charge in [-0.3, -0.25) is 9.78 Å². The maximum atomic E-state index is 10.0. The number of aldehydes is 1. The van der Waals surface area contributed by atoms with Gasteiger partial charge in [-0.2, -0.15) is 0 Å². The molecule has 2 aromatic heterocycles. The predicted octanol–water partition coefficient (Wildman–Crippen LogP) is 5.14. The molecular weight excluding hydrogens is 354 g/mol. The molecule has 0 atom stereocenters. The summed E-state index contributed by atoms with van der Waals surface area (Å²) in [6.07, 6.45) is 4.53. The first kappa shape index (κ1) is 18.7. The summed E-state index contributed by atoms with van der Waals surface area (Å²) in [4.78, 5) is 21.0. The van der Waals surface area contributed by atoms with Gasteiger partial charge in [0.25, 0.3) is 0 Å². The third-order valence-corrected chi connectivity index (χ3v) is 5.09. The van der Waals surface area contributed by atoms with Crippen LogP contribution in [0.1, 0.15) is 21.5 Å². The third-order valence-electron chi connectivity index (χ3n) is 3.94. The van der Waals surface area contributed by atoms with E-state index in [1.165, 1.54) is 15.8 Å². The monoisotopic (exact) mass is 375 g/mol. The van der Waals surface area contributed by atoms with Crippen LogP contribution in [0.15, 0.2) is 73.1 Å². The molecule has 0 spiro atoms. The molecule has 0 saturated heterocycles. The molecule has 4 aromatic rings. The number of carbonyl (C=O) groups is 1. The van der Waals surface area contributed by atoms with E-state index in [4.69, 9.17) is 4.98 Å². The average molecular weight is 375 g/mol. The lowest BCUT2D eigenvalue weighted by Gasteiger charge is -2.14. The Morgan fingerprint density at radius 1 is 1.07 bits per heavy atom. The van der Waals surface area contributed by atoms with Gasteiger partial charge in [0.1, 0.15) is 6.29 Å². The number of thiazole rings is 1. The molecule has 136 valence electrons. The van der Waals surface area contributed by atoms with E-state index in [-0.39, 0.29) is 0 Å². The number of aromatic nitrogens is 2. The van der Waals surface area contributed by atoms with Crippen molar-refractivity contribution in [3.8, 4) is 0 Å². The molecule has 5 heteroatoms. The van der Waals surface area contributed by atoms with Crippen LogP contribution in [-0.2, 0) is 6.54 Å². The molecule has 0 aliphatic heterocycles. The summed E-state index contributed by atoms with van der Waals surface area (Å²) in [5, 5.41) is 1.05. The van der Waals surface area contributed by atoms with Gasteiger partial charge in [-0.25, -0.2) is 4.98 Å². The zero-order valence-corrected chi connectivity index (χ0v) is 16.2. The molecule has 0 saturated carbocycles. The minimum absolute atomic E-state index is 0.729. The summed E-state index contributed by atoms with van der Waals surface area (Å²) in [5.41, 5.74) is 4.25. The Hall–Kier alpha value is -3.05. The number of carbonyl (C=O) groups excluding carboxylic acids is 1. The third kappa shape index (κ3) is 5.21. The standard InChI is InChI=1S/C15H15N3S.C7H6O/c1-11-5-6-14-13(8-11)17-15(19-14)18(2)10-12-4-3-7-16-9-12;8-6-7-4-2-1-3-5-7/h3-9H,10H2,1-2H3;1-6H. The summed E-state index contributed by atoms with van der Waals surface area (Å²) >= 11 is 1.73. The molecule has 0 aliphatic carbocycles. The van der Waals surface area contributed by atoms with Crippen LogP contribution in [0.2, 0.25) is 0 Å². The first-order chi connectivity index (χ1) is 13.2. The van der Waals surface area contributed by atoms with Crippen LogP contribution in [0.25, 0.3) is 10.2 Å². The van der Waals surface area contributed by atoms with Gasteiger partial charge in [-0.15, -0.1) is 0 Å². The van der Waals surface area contributed by atoms with Gasteiger partial charge < -0.3 is 4.90 Å². The van der Waals surface area contributed by atoms with Crippen LogP contribution in [0.5, 0.6) is 0 Å². The number of nitrogens with zero attached hydrogens (tertiary/aromatic N) is 3. The molecule has 0 amide bonds. The highest BCUT2D eigenvalue weighted by Crippen LogP contribution is 2.29. The lowest BCUT2D eigenvalue weighted by atomic mass is 10.2. The Balaban J connectivity index is 0.000000221. The number of hydrogen-bond acceptors (Lipinski definition) is 5. The molecule has 0 fully saturated rings. The minimum Gasteiger partial charge on any atom is -0.347 e. The van der Waals surface area contributed by atoms with Crippen molar-refractivity contribution >= 4 is 33.0 Å². The van der Waals surface area contributed by atoms with Crippen molar-refractivity contribution in [3.63, 3.8) is 0 Å². The average Bonchev–Trinajstić information content (AvgIpc) is 3.13. The number of pyridine rings is 1. The quantitative estimate of drug-likeness (QED) is 0.464. The van der Waals surface area contributed by atoms with Crippen LogP contribution in [-0.4, -0.2) is 23.3 Å². The van der Waals surface area contributed by atoms with Gasteiger partial charge in [0.05, 0.1) is 10.2 Å². The van der Waals surface area contributed by atoms with Crippen molar-refractivity contribution in [3.05, 3.63) is 89.7 Å². The zero-order chi connectivity index (χ0) is 19.1. The first-order valence-electron chi connectivity index (χ1n) is 8.63. The van der Waals surface area contributed by atoms with Crippen molar-refractivity contribution in [2.45, 2.75) is 13.5 Å². The predicted molar refractivity (Wildman–Crippen MR) is 113 cm³/mol. The Labute approximate surface area is 163 Å². The maximum Gasteiger partial charge on any atom is 0.186 e. The summed E-state index contributed by atoms with van der Waals surface area (Å²) in [7, 11) is 2.07. The van der Waals surface area contributed by atoms with Gasteiger partial charge in [-0.05, 0) is 36.2 Å². The van der Waals surface area contributed by atoms with Crippen LogP contribution in [0.4, 0.5) is 5.13 Å². The highest BCUT2D eigenvalue weighted by Gasteiger charge is 2.09. The molecule has 2 heterocycles. The Morgan fingerprint density at radius 3 is 2.56 bits per heavy atom. The van der Waals surface area contributed by atoms with E-state index in [2.05, 4.69) is 48.1 Å². The van der Waals surface area contributed by atoms with Crippen LogP contribution in [0, 0.1) is 6.92 Å². The summed E-state index contributed by atoms with van der Waals surface area (Å²) in [6, 6.07) is 19.6. The molecule has 0 N–H and O–H groups in total. The normalized spacial score (nSPS) is 10.1. The largest absolute Gasteiger partial charge is 0.347 e. The Morgan fingerprint density at radius 2 is 1.89 bits per heavy atom. The number of aryl methyl sites for hydroxylation is 1. The molecule has 4 rings (SSSR count). The highest BCUT2D eigenvalue weighted by molar-refractivity contribution is 7.22. The van der Waals surface area contributed by atoms with Crippen LogP contribution < -0.4 is 4.90 Å².